The third-order valence-corrected chi connectivity index (χ3v) is 4.70. The normalized spacial score (nSPS) is 30.5. The SMILES string of the molecule is CC(C)=C1[C@@H]2CC[C@@H]1[C@@H](C(=O)Nc1ccon1)[C@@H]2C(=O)O. The van der Waals surface area contributed by atoms with Crippen LogP contribution in [0.3, 0.4) is 0 Å². The quantitative estimate of drug-likeness (QED) is 0.833. The van der Waals surface area contributed by atoms with E-state index >= 15 is 0 Å². The molecule has 112 valence electrons. The largest absolute Gasteiger partial charge is 0.481 e. The molecule has 0 aromatic carbocycles. The number of carbonyl (C=O) groups excluding carboxylic acids is 1. The highest BCUT2D eigenvalue weighted by molar-refractivity contribution is 5.96. The van der Waals surface area contributed by atoms with Gasteiger partial charge in [-0.2, -0.15) is 0 Å². The lowest BCUT2D eigenvalue weighted by Gasteiger charge is -2.25. The minimum Gasteiger partial charge on any atom is -0.481 e. The lowest BCUT2D eigenvalue weighted by molar-refractivity contribution is -0.148. The van der Waals surface area contributed by atoms with Crippen molar-refractivity contribution in [1.82, 2.24) is 5.16 Å². The Labute approximate surface area is 122 Å². The second-order valence-electron chi connectivity index (χ2n) is 6.01. The van der Waals surface area contributed by atoms with Crippen molar-refractivity contribution in [1.29, 1.82) is 0 Å². The second kappa shape index (κ2) is 5.02. The van der Waals surface area contributed by atoms with Gasteiger partial charge in [0, 0.05) is 6.07 Å². The number of carboxylic acids is 1. The van der Waals surface area contributed by atoms with Crippen LogP contribution in [-0.4, -0.2) is 22.1 Å². The van der Waals surface area contributed by atoms with E-state index < -0.39 is 17.8 Å². The van der Waals surface area contributed by atoms with Crippen LogP contribution >= 0.6 is 0 Å². The van der Waals surface area contributed by atoms with E-state index in [2.05, 4.69) is 15.0 Å². The van der Waals surface area contributed by atoms with E-state index in [0.29, 0.717) is 5.82 Å². The molecule has 2 aliphatic rings. The summed E-state index contributed by atoms with van der Waals surface area (Å²) in [6, 6.07) is 1.54. The zero-order valence-corrected chi connectivity index (χ0v) is 12.0. The summed E-state index contributed by atoms with van der Waals surface area (Å²) < 4.78 is 4.68. The van der Waals surface area contributed by atoms with Crippen LogP contribution in [-0.2, 0) is 9.59 Å². The Bertz CT molecular complexity index is 601. The van der Waals surface area contributed by atoms with Gasteiger partial charge in [0.1, 0.15) is 6.26 Å². The first-order valence-corrected chi connectivity index (χ1v) is 7.12. The third kappa shape index (κ3) is 2.14. The number of hydrogen-bond donors (Lipinski definition) is 2. The van der Waals surface area contributed by atoms with Crippen LogP contribution in [0.15, 0.2) is 28.0 Å². The highest BCUT2D eigenvalue weighted by atomic mass is 16.5. The van der Waals surface area contributed by atoms with Gasteiger partial charge in [0.05, 0.1) is 11.8 Å². The molecule has 0 unspecified atom stereocenters. The van der Waals surface area contributed by atoms with Crippen molar-refractivity contribution in [3.05, 3.63) is 23.5 Å². The summed E-state index contributed by atoms with van der Waals surface area (Å²) >= 11 is 0. The fraction of sp³-hybridized carbons (Fsp3) is 0.533. The molecule has 1 heterocycles. The average molecular weight is 290 g/mol. The van der Waals surface area contributed by atoms with Crippen molar-refractivity contribution in [2.75, 3.05) is 5.32 Å². The van der Waals surface area contributed by atoms with Crippen LogP contribution in [0.5, 0.6) is 0 Å². The smallest absolute Gasteiger partial charge is 0.307 e. The minimum atomic E-state index is -0.888. The number of aromatic nitrogens is 1. The fourth-order valence-corrected chi connectivity index (χ4v) is 4.09. The van der Waals surface area contributed by atoms with E-state index in [-0.39, 0.29) is 17.7 Å². The minimum absolute atomic E-state index is 0.00874. The Hall–Kier alpha value is -2.11. The standard InChI is InChI=1S/C15H18N2O4/c1-7(2)11-8-3-4-9(11)13(15(19)20)12(8)14(18)16-10-5-6-21-17-10/h5-6,8-9,12-13H,3-4H2,1-2H3,(H,19,20)(H,16,17,18)/t8-,9-,12+,13+/m0/s1. The number of nitrogens with one attached hydrogen (secondary N) is 1. The molecule has 2 saturated carbocycles. The van der Waals surface area contributed by atoms with Crippen LogP contribution < -0.4 is 5.32 Å². The molecule has 1 aromatic heterocycles. The van der Waals surface area contributed by atoms with Crippen molar-refractivity contribution in [2.24, 2.45) is 23.7 Å². The summed E-state index contributed by atoms with van der Waals surface area (Å²) in [5, 5.41) is 15.9. The van der Waals surface area contributed by atoms with Crippen molar-refractivity contribution in [3.8, 4) is 0 Å². The molecule has 2 bridgehead atoms. The van der Waals surface area contributed by atoms with E-state index in [0.717, 1.165) is 18.4 Å². The molecular formula is C15H18N2O4. The lowest BCUT2D eigenvalue weighted by atomic mass is 9.79. The van der Waals surface area contributed by atoms with Gasteiger partial charge in [-0.1, -0.05) is 16.3 Å². The van der Waals surface area contributed by atoms with Crippen LogP contribution in [0.25, 0.3) is 0 Å². The van der Waals surface area contributed by atoms with Gasteiger partial charge in [0.2, 0.25) is 5.91 Å². The molecule has 6 nitrogen and oxygen atoms in total. The number of anilines is 1. The number of carboxylic acid groups (broad SMARTS) is 1. The molecular weight excluding hydrogens is 272 g/mol. The summed E-state index contributed by atoms with van der Waals surface area (Å²) in [6.45, 7) is 3.99. The van der Waals surface area contributed by atoms with E-state index in [9.17, 15) is 14.7 Å². The van der Waals surface area contributed by atoms with Crippen molar-refractivity contribution < 1.29 is 19.2 Å². The highest BCUT2D eigenvalue weighted by Crippen LogP contribution is 2.57. The van der Waals surface area contributed by atoms with E-state index in [1.165, 1.54) is 11.8 Å². The van der Waals surface area contributed by atoms with Crippen LogP contribution in [0.4, 0.5) is 5.82 Å². The number of hydrogen-bond acceptors (Lipinski definition) is 4. The predicted octanol–water partition coefficient (Wildman–Crippen LogP) is 2.31. The van der Waals surface area contributed by atoms with Gasteiger partial charge in [-0.05, 0) is 38.5 Å². The monoisotopic (exact) mass is 290 g/mol. The summed E-state index contributed by atoms with van der Waals surface area (Å²) in [4.78, 5) is 24.1. The number of rotatable bonds is 3. The Morgan fingerprint density at radius 2 is 1.95 bits per heavy atom. The number of amides is 1. The van der Waals surface area contributed by atoms with E-state index in [1.807, 2.05) is 13.8 Å². The first-order valence-electron chi connectivity index (χ1n) is 7.12. The second-order valence-corrected chi connectivity index (χ2v) is 6.01. The predicted molar refractivity (Wildman–Crippen MR) is 74.3 cm³/mol. The number of aliphatic carboxylic acids is 1. The molecule has 2 aliphatic carbocycles. The third-order valence-electron chi connectivity index (χ3n) is 4.70. The maximum absolute atomic E-state index is 12.5. The van der Waals surface area contributed by atoms with Gasteiger partial charge < -0.3 is 14.9 Å². The molecule has 0 saturated heterocycles. The molecule has 2 fully saturated rings. The molecule has 0 aliphatic heterocycles. The van der Waals surface area contributed by atoms with Gasteiger partial charge in [0.15, 0.2) is 5.82 Å². The number of fused-ring (bicyclic) bond motifs is 2. The first kappa shape index (κ1) is 13.9. The van der Waals surface area contributed by atoms with Gasteiger partial charge in [-0.25, -0.2) is 0 Å². The number of nitrogens with zero attached hydrogens (tertiary/aromatic N) is 1. The summed E-state index contributed by atoms with van der Waals surface area (Å²) in [5.41, 5.74) is 2.31. The molecule has 1 aromatic rings. The Balaban J connectivity index is 1.91. The molecule has 0 spiro atoms. The molecule has 21 heavy (non-hydrogen) atoms. The summed E-state index contributed by atoms with van der Waals surface area (Å²) in [7, 11) is 0. The molecule has 1 amide bonds. The average Bonchev–Trinajstić information content (AvgIpc) is 3.11. The van der Waals surface area contributed by atoms with Gasteiger partial charge in [0.25, 0.3) is 0 Å². The lowest BCUT2D eigenvalue weighted by Crippen LogP contribution is -2.37. The van der Waals surface area contributed by atoms with Crippen molar-refractivity contribution in [3.63, 3.8) is 0 Å². The topological polar surface area (TPSA) is 92.4 Å². The van der Waals surface area contributed by atoms with E-state index in [4.69, 9.17) is 0 Å². The first-order chi connectivity index (χ1) is 10.0. The zero-order chi connectivity index (χ0) is 15.1. The molecule has 4 atom stereocenters. The number of carbonyl (C=O) groups is 2. The van der Waals surface area contributed by atoms with Crippen molar-refractivity contribution >= 4 is 17.7 Å². The van der Waals surface area contributed by atoms with Crippen LogP contribution in [0.2, 0.25) is 0 Å². The Kier molecular flexibility index (Phi) is 3.31. The van der Waals surface area contributed by atoms with Crippen LogP contribution in [0.1, 0.15) is 26.7 Å². The van der Waals surface area contributed by atoms with Gasteiger partial charge >= 0.3 is 5.97 Å². The van der Waals surface area contributed by atoms with Crippen molar-refractivity contribution in [2.45, 2.75) is 26.7 Å². The summed E-state index contributed by atoms with van der Waals surface area (Å²) in [5.74, 6) is -1.98. The van der Waals surface area contributed by atoms with Gasteiger partial charge in [-0.15, -0.1) is 0 Å². The maximum atomic E-state index is 12.5. The van der Waals surface area contributed by atoms with Gasteiger partial charge in [-0.3, -0.25) is 9.59 Å². The molecule has 3 rings (SSSR count). The number of allylic oxidation sites excluding steroid dienone is 2. The highest BCUT2D eigenvalue weighted by Gasteiger charge is 2.57. The fourth-order valence-electron chi connectivity index (χ4n) is 4.09. The Morgan fingerprint density at radius 1 is 1.29 bits per heavy atom. The maximum Gasteiger partial charge on any atom is 0.307 e. The molecule has 0 radical (unpaired) electrons. The summed E-state index contributed by atoms with van der Waals surface area (Å²) in [6.07, 6.45) is 3.11. The Morgan fingerprint density at radius 3 is 2.48 bits per heavy atom. The zero-order valence-electron chi connectivity index (χ0n) is 12.0. The van der Waals surface area contributed by atoms with E-state index in [1.54, 1.807) is 6.07 Å². The molecule has 6 heteroatoms. The van der Waals surface area contributed by atoms with Crippen LogP contribution in [0, 0.1) is 23.7 Å². The molecule has 2 N–H and O–H groups in total.